The number of fused-ring (bicyclic) bond motifs is 2. The van der Waals surface area contributed by atoms with E-state index in [1.54, 1.807) is 7.11 Å². The summed E-state index contributed by atoms with van der Waals surface area (Å²) in [6, 6.07) is 25.8. The van der Waals surface area contributed by atoms with E-state index in [2.05, 4.69) is 26.5 Å². The van der Waals surface area contributed by atoms with E-state index < -0.39 is 40.3 Å². The van der Waals surface area contributed by atoms with Gasteiger partial charge in [-0.3, -0.25) is 0 Å². The number of anilines is 3. The summed E-state index contributed by atoms with van der Waals surface area (Å²) in [5.41, 5.74) is 4.90. The zero-order chi connectivity index (χ0) is 31.8. The van der Waals surface area contributed by atoms with Gasteiger partial charge in [0.05, 0.1) is 30.2 Å². The van der Waals surface area contributed by atoms with Gasteiger partial charge in [-0.05, 0) is 84.6 Å². The van der Waals surface area contributed by atoms with Crippen LogP contribution in [0.25, 0.3) is 0 Å². The lowest BCUT2D eigenvalue weighted by molar-refractivity contribution is -0.274. The Bertz CT molecular complexity index is 1700. The van der Waals surface area contributed by atoms with E-state index in [1.165, 1.54) is 0 Å². The molecule has 2 aliphatic heterocycles. The van der Waals surface area contributed by atoms with Gasteiger partial charge in [0.1, 0.15) is 11.5 Å². The molecule has 2 heterocycles. The fourth-order valence-corrected chi connectivity index (χ4v) is 7.37. The third-order valence-corrected chi connectivity index (χ3v) is 9.75. The van der Waals surface area contributed by atoms with Crippen LogP contribution in [-0.2, 0) is 22.9 Å². The number of sulfonamides is 1. The summed E-state index contributed by atoms with van der Waals surface area (Å²) in [6.45, 7) is 0.507. The van der Waals surface area contributed by atoms with Crippen LogP contribution in [0.3, 0.4) is 0 Å². The van der Waals surface area contributed by atoms with E-state index in [1.807, 2.05) is 65.6 Å². The van der Waals surface area contributed by atoms with Gasteiger partial charge >= 0.3 is 6.36 Å². The number of para-hydroxylation sites is 2. The van der Waals surface area contributed by atoms with Gasteiger partial charge < -0.3 is 24.4 Å². The van der Waals surface area contributed by atoms with Crippen molar-refractivity contribution in [3.05, 3.63) is 108 Å². The summed E-state index contributed by atoms with van der Waals surface area (Å²) in [5.74, 6) is 0.126. The molecule has 3 atom stereocenters. The SMILES string of the molecule is COc1ccc(N2C[C@@H](NS(=O)(=O)c3ccc(OC(F)(F)F)cc3)[C@H](O)[C@@H](N3c4ccccc4CCc4ccccc43)C2)cc1. The van der Waals surface area contributed by atoms with Gasteiger partial charge in [-0.25, -0.2) is 13.1 Å². The van der Waals surface area contributed by atoms with E-state index in [-0.39, 0.29) is 11.4 Å². The fourth-order valence-electron chi connectivity index (χ4n) is 6.13. The van der Waals surface area contributed by atoms with Crippen LogP contribution in [0.15, 0.2) is 102 Å². The molecular formula is C33H32F3N3O5S. The molecule has 0 aromatic heterocycles. The van der Waals surface area contributed by atoms with Crippen molar-refractivity contribution in [3.63, 3.8) is 0 Å². The van der Waals surface area contributed by atoms with E-state index in [9.17, 15) is 26.7 Å². The van der Waals surface area contributed by atoms with Crippen LogP contribution in [0.5, 0.6) is 11.5 Å². The molecule has 2 aliphatic rings. The molecule has 4 aromatic carbocycles. The highest BCUT2D eigenvalue weighted by Crippen LogP contribution is 2.40. The minimum Gasteiger partial charge on any atom is -0.497 e. The Morgan fingerprint density at radius 3 is 1.91 bits per heavy atom. The maximum Gasteiger partial charge on any atom is 0.573 e. The molecule has 8 nitrogen and oxygen atoms in total. The van der Waals surface area contributed by atoms with Crippen LogP contribution in [0.4, 0.5) is 30.2 Å². The van der Waals surface area contributed by atoms with Crippen LogP contribution in [0, 0.1) is 0 Å². The van der Waals surface area contributed by atoms with Crippen molar-refractivity contribution in [1.29, 1.82) is 0 Å². The second-order valence-electron chi connectivity index (χ2n) is 11.0. The predicted molar refractivity (Wildman–Crippen MR) is 165 cm³/mol. The number of aryl methyl sites for hydroxylation is 2. The van der Waals surface area contributed by atoms with Crippen molar-refractivity contribution < 1.29 is 36.2 Å². The molecule has 236 valence electrons. The Balaban J connectivity index is 1.38. The average Bonchev–Trinajstić information content (AvgIpc) is 3.18. The van der Waals surface area contributed by atoms with Crippen LogP contribution in [0.2, 0.25) is 0 Å². The molecule has 1 fully saturated rings. The Hall–Kier alpha value is -4.26. The topological polar surface area (TPSA) is 91.3 Å². The highest BCUT2D eigenvalue weighted by atomic mass is 32.2. The van der Waals surface area contributed by atoms with E-state index >= 15 is 0 Å². The number of piperidine rings is 1. The lowest BCUT2D eigenvalue weighted by atomic mass is 9.94. The number of halogens is 3. The van der Waals surface area contributed by atoms with Crippen molar-refractivity contribution in [2.24, 2.45) is 0 Å². The Morgan fingerprint density at radius 1 is 0.800 bits per heavy atom. The van der Waals surface area contributed by atoms with Crippen LogP contribution in [-0.4, -0.2) is 58.3 Å². The highest BCUT2D eigenvalue weighted by Gasteiger charge is 2.43. The molecule has 0 radical (unpaired) electrons. The van der Waals surface area contributed by atoms with Crippen LogP contribution >= 0.6 is 0 Å². The second-order valence-corrected chi connectivity index (χ2v) is 12.7. The zero-order valence-corrected chi connectivity index (χ0v) is 25.1. The van der Waals surface area contributed by atoms with Crippen molar-refractivity contribution in [3.8, 4) is 11.5 Å². The van der Waals surface area contributed by atoms with E-state index in [4.69, 9.17) is 4.74 Å². The lowest BCUT2D eigenvalue weighted by Crippen LogP contribution is -2.65. The Labute approximate surface area is 259 Å². The third kappa shape index (κ3) is 6.58. The number of aliphatic hydroxyl groups is 1. The summed E-state index contributed by atoms with van der Waals surface area (Å²) in [4.78, 5) is 3.87. The molecule has 0 bridgehead atoms. The largest absolute Gasteiger partial charge is 0.573 e. The lowest BCUT2D eigenvalue weighted by Gasteiger charge is -2.48. The molecule has 12 heteroatoms. The van der Waals surface area contributed by atoms with Crippen molar-refractivity contribution >= 4 is 27.1 Å². The third-order valence-electron chi connectivity index (χ3n) is 8.24. The molecule has 45 heavy (non-hydrogen) atoms. The second kappa shape index (κ2) is 12.3. The Morgan fingerprint density at radius 2 is 1.36 bits per heavy atom. The molecule has 0 unspecified atom stereocenters. The number of rotatable bonds is 7. The van der Waals surface area contributed by atoms with Gasteiger partial charge in [0.15, 0.2) is 0 Å². The van der Waals surface area contributed by atoms with Gasteiger partial charge in [0.25, 0.3) is 0 Å². The smallest absolute Gasteiger partial charge is 0.497 e. The fraction of sp³-hybridized carbons (Fsp3) is 0.273. The number of hydrogen-bond donors (Lipinski definition) is 2. The summed E-state index contributed by atoms with van der Waals surface area (Å²) < 4.78 is 77.0. The van der Waals surface area contributed by atoms with Crippen molar-refractivity contribution in [1.82, 2.24) is 4.72 Å². The summed E-state index contributed by atoms with van der Waals surface area (Å²) in [5, 5.41) is 12.0. The number of nitrogens with one attached hydrogen (secondary N) is 1. The Kier molecular flexibility index (Phi) is 8.38. The van der Waals surface area contributed by atoms with Crippen LogP contribution < -0.4 is 24.0 Å². The number of methoxy groups -OCH3 is 1. The average molecular weight is 640 g/mol. The summed E-state index contributed by atoms with van der Waals surface area (Å²) in [7, 11) is -2.69. The van der Waals surface area contributed by atoms with Gasteiger partial charge in [-0.1, -0.05) is 36.4 Å². The molecule has 0 spiro atoms. The van der Waals surface area contributed by atoms with E-state index in [0.29, 0.717) is 12.3 Å². The molecule has 4 aromatic rings. The number of alkyl halides is 3. The molecule has 0 saturated carbocycles. The number of benzene rings is 4. The molecule has 0 amide bonds. The minimum absolute atomic E-state index is 0.135. The zero-order valence-electron chi connectivity index (χ0n) is 24.3. The van der Waals surface area contributed by atoms with E-state index in [0.717, 1.165) is 65.3 Å². The number of nitrogens with zero attached hydrogens (tertiary/aromatic N) is 2. The summed E-state index contributed by atoms with van der Waals surface area (Å²) in [6.07, 6.45) is -4.46. The van der Waals surface area contributed by atoms with Gasteiger partial charge in [0.2, 0.25) is 10.0 Å². The molecule has 0 aliphatic carbocycles. The van der Waals surface area contributed by atoms with Gasteiger partial charge in [-0.15, -0.1) is 13.2 Å². The predicted octanol–water partition coefficient (Wildman–Crippen LogP) is 5.43. The summed E-state index contributed by atoms with van der Waals surface area (Å²) >= 11 is 0. The molecule has 2 N–H and O–H groups in total. The minimum atomic E-state index is -4.91. The first-order valence-corrected chi connectivity index (χ1v) is 15.9. The van der Waals surface area contributed by atoms with Crippen molar-refractivity contribution in [2.45, 2.75) is 42.3 Å². The number of ether oxygens (including phenoxy) is 2. The standard InChI is InChI=1S/C33H32F3N3O5S/c1-43-25-14-12-24(13-15-25)38-20-28(37-45(41,42)27-18-16-26(17-19-27)44-33(34,35)36)32(40)31(21-38)39-29-8-4-2-6-22(29)10-11-23-7-3-5-9-30(23)39/h2-9,12-19,28,31-32,37,40H,10-11,20-21H2,1H3/t28-,31+,32+/m1/s1. The van der Waals surface area contributed by atoms with Crippen LogP contribution in [0.1, 0.15) is 11.1 Å². The number of hydrogen-bond acceptors (Lipinski definition) is 7. The normalized spacial score (nSPS) is 20.2. The monoisotopic (exact) mass is 639 g/mol. The first-order valence-electron chi connectivity index (χ1n) is 14.4. The maximum atomic E-state index is 13.6. The highest BCUT2D eigenvalue weighted by molar-refractivity contribution is 7.89. The maximum absolute atomic E-state index is 13.6. The molecular weight excluding hydrogens is 607 g/mol. The van der Waals surface area contributed by atoms with Gasteiger partial charge in [0, 0.05) is 30.2 Å². The first-order chi connectivity index (χ1) is 21.5. The quantitative estimate of drug-likeness (QED) is 0.279. The molecule has 1 saturated heterocycles. The number of aliphatic hydroxyl groups excluding tert-OH is 1. The van der Waals surface area contributed by atoms with Gasteiger partial charge in [-0.2, -0.15) is 0 Å². The van der Waals surface area contributed by atoms with Crippen molar-refractivity contribution in [2.75, 3.05) is 30.0 Å². The first kappa shape index (κ1) is 30.8. The molecule has 6 rings (SSSR count).